The number of hydrogen-bond donors (Lipinski definition) is 0. The summed E-state index contributed by atoms with van der Waals surface area (Å²) < 4.78 is 144. The Hall–Kier alpha value is -12.7. The Morgan fingerprint density at radius 2 is 0.370 bits per heavy atom. The molecule has 0 atom stereocenters. The molecule has 0 saturated heterocycles. The van der Waals surface area contributed by atoms with Crippen LogP contribution in [0.25, 0.3) is 11.1 Å². The van der Waals surface area contributed by atoms with Gasteiger partial charge < -0.3 is 37.9 Å². The number of aryl methyl sites for hydroxylation is 7. The topological polar surface area (TPSA) is 210 Å². The Balaban J connectivity index is 0.000000163. The standard InChI is InChI=1S/C29H28O4S.C26H22O4S.C20H18O4S.C14H14O3S.C10H14O/c1-21-5-17-27(18-6-21)34(30,31)28-19-15-26(16-20-28)33-25-13-9-23(10-14-25)29(2,3)22-7-11-24(32-4)12-8-22;1-19-3-15-25(16-4-19)31(27,28)26-17-13-24(14-18-26)30-23-11-7-21(8-12-23)20-5-9-22(29-2)10-6-20;1-15-3-11-19(12-4-15)25(21,22)20-13-9-18(10-14-20)24-17-7-5-16(23-2)6-8-17;1-11-3-7-13(8-4-11)18(15,16)14-9-5-12(17-2)6-10-14;1-7-5-8(2)10(11-4)9(3)6-7/h5-20H,1-4H3;3-18H,1-2H3;3-14H,1-2H3;3-10H,1-2H3;5-6H,1-4H3. The number of sulfone groups is 4. The smallest absolute Gasteiger partial charge is 0.206 e. The minimum atomic E-state index is -3.56. The molecule has 14 rings (SSSR count). The van der Waals surface area contributed by atoms with Gasteiger partial charge in [0.05, 0.1) is 74.7 Å². The first-order valence-electron chi connectivity index (χ1n) is 37.8. The molecule has 0 radical (unpaired) electrons. The fourth-order valence-corrected chi connectivity index (χ4v) is 17.4. The molecular formula is C99H96O16S4. The lowest BCUT2D eigenvalue weighted by molar-refractivity contribution is 0.408. The zero-order valence-electron chi connectivity index (χ0n) is 68.8. The number of methoxy groups -OCH3 is 5. The number of rotatable bonds is 22. The van der Waals surface area contributed by atoms with Crippen molar-refractivity contribution in [1.82, 2.24) is 0 Å². The first-order chi connectivity index (χ1) is 56.8. The molecule has 0 aliphatic carbocycles. The van der Waals surface area contributed by atoms with Gasteiger partial charge in [-0.15, -0.1) is 0 Å². The molecule has 0 fully saturated rings. The largest absolute Gasteiger partial charge is 0.497 e. The lowest BCUT2D eigenvalue weighted by atomic mass is 9.78. The highest BCUT2D eigenvalue weighted by atomic mass is 32.2. The molecule has 20 heteroatoms. The molecule has 612 valence electrons. The average Bonchev–Trinajstić information content (AvgIpc) is 0.814. The Morgan fingerprint density at radius 1 is 0.202 bits per heavy atom. The van der Waals surface area contributed by atoms with E-state index >= 15 is 0 Å². The van der Waals surface area contributed by atoms with Gasteiger partial charge in [-0.05, 0) is 300 Å². The van der Waals surface area contributed by atoms with E-state index in [-0.39, 0.29) is 39.7 Å². The fourth-order valence-electron chi connectivity index (χ4n) is 12.4. The van der Waals surface area contributed by atoms with Crippen LogP contribution in [0.2, 0.25) is 0 Å². The quantitative estimate of drug-likeness (QED) is 0.0617. The van der Waals surface area contributed by atoms with Crippen LogP contribution in [0.15, 0.2) is 367 Å². The Morgan fingerprint density at radius 3 is 0.588 bits per heavy atom. The van der Waals surface area contributed by atoms with Crippen molar-refractivity contribution in [3.05, 3.63) is 378 Å². The Bertz CT molecular complexity index is 6110. The first kappa shape index (κ1) is 88.6. The Kier molecular flexibility index (Phi) is 29.8. The van der Waals surface area contributed by atoms with Crippen molar-refractivity contribution in [3.63, 3.8) is 0 Å². The van der Waals surface area contributed by atoms with Crippen molar-refractivity contribution < 1.29 is 71.6 Å². The maximum absolute atomic E-state index is 12.9. The molecule has 0 aromatic heterocycles. The maximum atomic E-state index is 12.9. The highest BCUT2D eigenvalue weighted by molar-refractivity contribution is 7.92. The van der Waals surface area contributed by atoms with Gasteiger partial charge in [0.1, 0.15) is 63.2 Å². The molecule has 0 bridgehead atoms. The Labute approximate surface area is 700 Å². The van der Waals surface area contributed by atoms with E-state index in [1.807, 2.05) is 100 Å². The third-order valence-corrected chi connectivity index (χ3v) is 26.5. The van der Waals surface area contributed by atoms with E-state index in [2.05, 4.69) is 71.0 Å². The van der Waals surface area contributed by atoms with Crippen molar-refractivity contribution in [2.75, 3.05) is 35.5 Å². The molecule has 0 spiro atoms. The highest BCUT2D eigenvalue weighted by Gasteiger charge is 2.25. The SMILES string of the molecule is COc1c(C)cc(C)cc1C.COc1ccc(-c2ccc(Oc3ccc(S(=O)(=O)c4ccc(C)cc4)cc3)cc2)cc1.COc1ccc(C(C)(C)c2ccc(Oc3ccc(S(=O)(=O)c4ccc(C)cc4)cc3)cc2)cc1.COc1ccc(Oc2ccc(S(=O)(=O)c3ccc(C)cc3)cc2)cc1.COc1ccc(S(=O)(=O)c2ccc(C)cc2)cc1. The van der Waals surface area contributed by atoms with Crippen LogP contribution in [0.5, 0.6) is 63.2 Å². The number of ether oxygens (including phenoxy) is 8. The molecule has 0 amide bonds. The zero-order chi connectivity index (χ0) is 85.7. The van der Waals surface area contributed by atoms with E-state index in [1.165, 1.54) is 22.3 Å². The van der Waals surface area contributed by atoms with Gasteiger partial charge >= 0.3 is 0 Å². The van der Waals surface area contributed by atoms with Crippen LogP contribution < -0.4 is 37.9 Å². The average molecular weight is 1670 g/mol. The summed E-state index contributed by atoms with van der Waals surface area (Å²) in [5, 5.41) is 0. The zero-order valence-corrected chi connectivity index (χ0v) is 72.1. The third-order valence-electron chi connectivity index (χ3n) is 19.3. The second kappa shape index (κ2) is 40.0. The predicted octanol–water partition coefficient (Wildman–Crippen LogP) is 23.3. The molecule has 0 aliphatic heterocycles. The second-order valence-electron chi connectivity index (χ2n) is 28.4. The molecule has 14 aromatic rings. The maximum Gasteiger partial charge on any atom is 0.206 e. The summed E-state index contributed by atoms with van der Waals surface area (Å²) in [4.78, 5) is 2.12. The second-order valence-corrected chi connectivity index (χ2v) is 36.2. The molecule has 14 aromatic carbocycles. The third kappa shape index (κ3) is 23.4. The van der Waals surface area contributed by atoms with Crippen LogP contribution in [-0.4, -0.2) is 69.2 Å². The summed E-state index contributed by atoms with van der Waals surface area (Å²) in [6, 6.07) is 96.1. The molecule has 0 N–H and O–H groups in total. The van der Waals surface area contributed by atoms with E-state index in [4.69, 9.17) is 37.9 Å². The molecule has 119 heavy (non-hydrogen) atoms. The summed E-state index contributed by atoms with van der Waals surface area (Å²) in [7, 11) is -5.91. The molecule has 0 aliphatic rings. The molecule has 0 heterocycles. The van der Waals surface area contributed by atoms with E-state index < -0.39 is 39.3 Å². The van der Waals surface area contributed by atoms with E-state index in [9.17, 15) is 33.7 Å². The van der Waals surface area contributed by atoms with E-state index in [1.54, 1.807) is 254 Å². The predicted molar refractivity (Wildman–Crippen MR) is 469 cm³/mol. The molecule has 0 saturated carbocycles. The number of benzene rings is 14. The molecular weight excluding hydrogens is 1570 g/mol. The van der Waals surface area contributed by atoms with Crippen molar-refractivity contribution in [1.29, 1.82) is 0 Å². The minimum Gasteiger partial charge on any atom is -0.497 e. The van der Waals surface area contributed by atoms with Gasteiger partial charge in [-0.25, -0.2) is 33.7 Å². The van der Waals surface area contributed by atoms with Crippen molar-refractivity contribution in [2.45, 2.75) is 107 Å². The lowest BCUT2D eigenvalue weighted by Crippen LogP contribution is -2.18. The normalized spacial score (nSPS) is 11.2. The van der Waals surface area contributed by atoms with Gasteiger partial charge in [0, 0.05) is 5.41 Å². The van der Waals surface area contributed by atoms with Gasteiger partial charge in [0.2, 0.25) is 39.3 Å². The minimum absolute atomic E-state index is 0.184. The number of hydrogen-bond acceptors (Lipinski definition) is 16. The van der Waals surface area contributed by atoms with Crippen LogP contribution in [-0.2, 0) is 44.8 Å². The monoisotopic (exact) mass is 1670 g/mol. The van der Waals surface area contributed by atoms with E-state index in [0.717, 1.165) is 61.9 Å². The molecule has 16 nitrogen and oxygen atoms in total. The van der Waals surface area contributed by atoms with Gasteiger partial charge in [-0.1, -0.05) is 151 Å². The highest BCUT2D eigenvalue weighted by Crippen LogP contribution is 2.37. The van der Waals surface area contributed by atoms with Crippen molar-refractivity contribution >= 4 is 39.3 Å². The van der Waals surface area contributed by atoms with Gasteiger partial charge in [-0.3, -0.25) is 0 Å². The summed E-state index contributed by atoms with van der Waals surface area (Å²) in [5.74, 6) is 7.75. The molecule has 0 unspecified atom stereocenters. The fraction of sp³-hybridized carbons (Fsp3) is 0.152. The van der Waals surface area contributed by atoms with Crippen LogP contribution in [0.4, 0.5) is 0 Å². The van der Waals surface area contributed by atoms with Gasteiger partial charge in [0.15, 0.2) is 0 Å². The summed E-state index contributed by atoms with van der Waals surface area (Å²) in [5.41, 5.74) is 12.1. The summed E-state index contributed by atoms with van der Waals surface area (Å²) in [6.07, 6.45) is 0. The summed E-state index contributed by atoms with van der Waals surface area (Å²) in [6.45, 7) is 18.3. The van der Waals surface area contributed by atoms with Gasteiger partial charge in [0.25, 0.3) is 0 Å². The first-order valence-corrected chi connectivity index (χ1v) is 43.8. The van der Waals surface area contributed by atoms with E-state index in [0.29, 0.717) is 45.1 Å². The van der Waals surface area contributed by atoms with Crippen molar-refractivity contribution in [2.24, 2.45) is 0 Å². The van der Waals surface area contributed by atoms with Crippen LogP contribution in [0.3, 0.4) is 0 Å². The van der Waals surface area contributed by atoms with Crippen LogP contribution in [0, 0.1) is 48.5 Å². The van der Waals surface area contributed by atoms with Crippen molar-refractivity contribution in [3.8, 4) is 74.4 Å². The lowest BCUT2D eigenvalue weighted by Gasteiger charge is -2.26. The van der Waals surface area contributed by atoms with Crippen LogP contribution in [0.1, 0.15) is 63.9 Å². The van der Waals surface area contributed by atoms with Gasteiger partial charge in [-0.2, -0.15) is 0 Å². The summed E-state index contributed by atoms with van der Waals surface area (Å²) >= 11 is 0. The van der Waals surface area contributed by atoms with Crippen LogP contribution >= 0.6 is 0 Å².